The molecule has 1 N–H and O–H groups in total. The number of cyclic esters (lactones) is 1. The predicted octanol–water partition coefficient (Wildman–Crippen LogP) is 6.43. The van der Waals surface area contributed by atoms with Crippen LogP contribution in [-0.4, -0.2) is 67.4 Å². The van der Waals surface area contributed by atoms with E-state index in [1.54, 1.807) is 21.8 Å². The molecule has 1 spiro atoms. The number of aliphatic hydroxyl groups is 1. The molecule has 0 bridgehead atoms. The number of hydrogen-bond acceptors (Lipinski definition) is 7. The van der Waals surface area contributed by atoms with Gasteiger partial charge in [0.15, 0.2) is 5.60 Å². The Labute approximate surface area is 310 Å². The highest BCUT2D eigenvalue weighted by molar-refractivity contribution is 6.07. The molecule has 0 unspecified atom stereocenters. The number of hydrogen-bond donors (Lipinski definition) is 1. The third-order valence-corrected chi connectivity index (χ3v) is 11.4. The average molecular weight is 718 g/mol. The van der Waals surface area contributed by atoms with Crippen molar-refractivity contribution in [3.8, 4) is 5.75 Å². The Kier molecular flexibility index (Phi) is 10.0. The zero-order valence-corrected chi connectivity index (χ0v) is 30.7. The summed E-state index contributed by atoms with van der Waals surface area (Å²) in [6.07, 6.45) is -0.947. The van der Waals surface area contributed by atoms with Gasteiger partial charge in [-0.3, -0.25) is 14.5 Å². The number of anilines is 2. The molecule has 276 valence electrons. The molecule has 2 saturated heterocycles. The molecule has 4 aromatic carbocycles. The number of fused-ring (bicyclic) bond motifs is 2. The summed E-state index contributed by atoms with van der Waals surface area (Å²) in [6, 6.07) is 33.1. The number of rotatable bonds is 12. The number of aliphatic hydroxyl groups excluding tert-OH is 1. The van der Waals surface area contributed by atoms with E-state index in [1.165, 1.54) is 0 Å². The molecule has 10 heteroatoms. The van der Waals surface area contributed by atoms with E-state index in [9.17, 15) is 14.7 Å². The van der Waals surface area contributed by atoms with Gasteiger partial charge < -0.3 is 29.1 Å². The Bertz CT molecular complexity index is 1950. The summed E-state index contributed by atoms with van der Waals surface area (Å²) in [6.45, 7) is 7.92. The SMILES string of the molecule is COc1ccc(C(C)(C)[C@@H]2[C@@H](CC(=O)N(CCO)Cc3ccccc3)O[C@]3(C(=O)N(Cc4ccc(N5CCOC5=O)cc4)c4ccccc43)[C@H]2C)cc1. The molecule has 3 aliphatic heterocycles. The van der Waals surface area contributed by atoms with E-state index in [0.29, 0.717) is 26.2 Å². The summed E-state index contributed by atoms with van der Waals surface area (Å²) in [7, 11) is 1.64. The van der Waals surface area contributed by atoms with Crippen LogP contribution in [0, 0.1) is 11.8 Å². The van der Waals surface area contributed by atoms with Crippen LogP contribution in [0.1, 0.15) is 49.4 Å². The van der Waals surface area contributed by atoms with Crippen LogP contribution < -0.4 is 14.5 Å². The molecule has 0 radical (unpaired) electrons. The van der Waals surface area contributed by atoms with Crippen LogP contribution >= 0.6 is 0 Å². The molecule has 0 saturated carbocycles. The Hall–Kier alpha value is -5.19. The van der Waals surface area contributed by atoms with Crippen LogP contribution in [0.25, 0.3) is 0 Å². The molecule has 53 heavy (non-hydrogen) atoms. The standard InChI is InChI=1S/C43H47N3O7/c1-29-39(42(2,3)32-16-20-34(51-4)21-17-32)37(26-38(48)44(22-24-47)27-30-10-6-5-7-11-30)53-43(29)35-12-8-9-13-36(35)46(40(43)49)28-31-14-18-33(19-15-31)45-23-25-52-41(45)50/h5-21,29,37,39,47H,22-28H2,1-4H3/t29-,37+,39-,43+/m0/s1. The number of carbonyl (C=O) groups is 3. The number of para-hydroxylation sites is 1. The minimum absolute atomic E-state index is 0.0407. The molecule has 10 nitrogen and oxygen atoms in total. The van der Waals surface area contributed by atoms with Gasteiger partial charge in [-0.15, -0.1) is 0 Å². The Morgan fingerprint density at radius 2 is 1.64 bits per heavy atom. The maximum Gasteiger partial charge on any atom is 0.414 e. The molecule has 4 atom stereocenters. The van der Waals surface area contributed by atoms with Gasteiger partial charge in [0.05, 0.1) is 45.0 Å². The van der Waals surface area contributed by atoms with Gasteiger partial charge in [-0.1, -0.05) is 93.6 Å². The van der Waals surface area contributed by atoms with Crippen molar-refractivity contribution >= 4 is 29.3 Å². The Balaban J connectivity index is 1.24. The number of carbonyl (C=O) groups excluding carboxylic acids is 3. The van der Waals surface area contributed by atoms with Gasteiger partial charge in [0.1, 0.15) is 12.4 Å². The molecule has 2 fully saturated rings. The summed E-state index contributed by atoms with van der Waals surface area (Å²) >= 11 is 0. The fraction of sp³-hybridized carbons (Fsp3) is 0.372. The summed E-state index contributed by atoms with van der Waals surface area (Å²) in [4.78, 5) is 46.6. The van der Waals surface area contributed by atoms with Crippen LogP contribution in [-0.2, 0) is 43.2 Å². The Morgan fingerprint density at radius 3 is 2.30 bits per heavy atom. The van der Waals surface area contributed by atoms with Crippen molar-refractivity contribution in [2.75, 3.05) is 43.2 Å². The van der Waals surface area contributed by atoms with Gasteiger partial charge in [-0.05, 0) is 52.4 Å². The first-order chi connectivity index (χ1) is 25.6. The first kappa shape index (κ1) is 36.2. The normalized spacial score (nSPS) is 22.3. The van der Waals surface area contributed by atoms with Crippen molar-refractivity contribution in [2.45, 2.75) is 57.4 Å². The zero-order valence-electron chi connectivity index (χ0n) is 30.7. The molecular formula is C43H47N3O7. The summed E-state index contributed by atoms with van der Waals surface area (Å²) in [5, 5.41) is 9.97. The molecule has 0 aromatic heterocycles. The smallest absolute Gasteiger partial charge is 0.414 e. The summed E-state index contributed by atoms with van der Waals surface area (Å²) in [5.41, 5.74) is 3.34. The molecule has 7 rings (SSSR count). The lowest BCUT2D eigenvalue weighted by Crippen LogP contribution is -2.45. The van der Waals surface area contributed by atoms with Crippen LogP contribution in [0.4, 0.5) is 16.2 Å². The number of nitrogens with zero attached hydrogens (tertiary/aromatic N) is 3. The van der Waals surface area contributed by atoms with Crippen LogP contribution in [0.15, 0.2) is 103 Å². The topological polar surface area (TPSA) is 109 Å². The lowest BCUT2D eigenvalue weighted by atomic mass is 9.63. The molecule has 3 amide bonds. The van der Waals surface area contributed by atoms with E-state index in [1.807, 2.05) is 103 Å². The van der Waals surface area contributed by atoms with Gasteiger partial charge in [-0.2, -0.15) is 0 Å². The van der Waals surface area contributed by atoms with Crippen LogP contribution in [0.3, 0.4) is 0 Å². The van der Waals surface area contributed by atoms with Gasteiger partial charge in [0.2, 0.25) is 5.91 Å². The fourth-order valence-electron chi connectivity index (χ4n) is 8.73. The van der Waals surface area contributed by atoms with Crippen molar-refractivity contribution in [1.82, 2.24) is 4.90 Å². The molecule has 3 aliphatic rings. The van der Waals surface area contributed by atoms with Crippen molar-refractivity contribution in [2.24, 2.45) is 11.8 Å². The quantitative estimate of drug-likeness (QED) is 0.180. The lowest BCUT2D eigenvalue weighted by Gasteiger charge is -2.39. The average Bonchev–Trinajstić information content (AvgIpc) is 3.81. The van der Waals surface area contributed by atoms with Gasteiger partial charge >= 0.3 is 6.09 Å². The highest BCUT2D eigenvalue weighted by atomic mass is 16.6. The minimum Gasteiger partial charge on any atom is -0.497 e. The third-order valence-electron chi connectivity index (χ3n) is 11.4. The van der Waals surface area contributed by atoms with E-state index >= 15 is 4.79 Å². The van der Waals surface area contributed by atoms with E-state index < -0.39 is 17.1 Å². The number of benzene rings is 4. The van der Waals surface area contributed by atoms with Crippen LogP contribution in [0.2, 0.25) is 0 Å². The van der Waals surface area contributed by atoms with Crippen molar-refractivity contribution in [1.29, 1.82) is 0 Å². The minimum atomic E-state index is -1.34. The summed E-state index contributed by atoms with van der Waals surface area (Å²) < 4.78 is 17.7. The zero-order chi connectivity index (χ0) is 37.3. The second kappa shape index (κ2) is 14.7. The highest BCUT2D eigenvalue weighted by Crippen LogP contribution is 2.60. The third kappa shape index (κ3) is 6.55. The van der Waals surface area contributed by atoms with Crippen molar-refractivity contribution < 1.29 is 33.7 Å². The van der Waals surface area contributed by atoms with Gasteiger partial charge in [0, 0.05) is 36.2 Å². The number of ether oxygens (including phenoxy) is 3. The van der Waals surface area contributed by atoms with Crippen molar-refractivity contribution in [3.63, 3.8) is 0 Å². The van der Waals surface area contributed by atoms with E-state index in [0.717, 1.165) is 39.4 Å². The highest BCUT2D eigenvalue weighted by Gasteiger charge is 2.66. The molecule has 4 aromatic rings. The second-order valence-corrected chi connectivity index (χ2v) is 14.7. The van der Waals surface area contributed by atoms with Gasteiger partial charge in [-0.25, -0.2) is 4.79 Å². The Morgan fingerprint density at radius 1 is 0.943 bits per heavy atom. The monoisotopic (exact) mass is 717 g/mol. The molecule has 3 heterocycles. The van der Waals surface area contributed by atoms with Crippen molar-refractivity contribution in [3.05, 3.63) is 125 Å². The largest absolute Gasteiger partial charge is 0.497 e. The first-order valence-electron chi connectivity index (χ1n) is 18.3. The molecule has 0 aliphatic carbocycles. The second-order valence-electron chi connectivity index (χ2n) is 14.7. The van der Waals surface area contributed by atoms with Gasteiger partial charge in [0.25, 0.3) is 5.91 Å². The van der Waals surface area contributed by atoms with E-state index in [2.05, 4.69) is 20.8 Å². The summed E-state index contributed by atoms with van der Waals surface area (Å²) in [5.74, 6) is -0.164. The fourth-order valence-corrected chi connectivity index (χ4v) is 8.73. The number of amides is 3. The maximum atomic E-state index is 15.1. The maximum absolute atomic E-state index is 15.1. The predicted molar refractivity (Wildman–Crippen MR) is 202 cm³/mol. The first-order valence-corrected chi connectivity index (χ1v) is 18.3. The molecular weight excluding hydrogens is 670 g/mol. The van der Waals surface area contributed by atoms with Crippen LogP contribution in [0.5, 0.6) is 5.75 Å². The number of methoxy groups -OCH3 is 1. The lowest BCUT2D eigenvalue weighted by molar-refractivity contribution is -0.150. The van der Waals surface area contributed by atoms with E-state index in [-0.39, 0.29) is 49.3 Å². The van der Waals surface area contributed by atoms with E-state index in [4.69, 9.17) is 14.2 Å².